The Kier molecular flexibility index (Phi) is 5.20. The summed E-state index contributed by atoms with van der Waals surface area (Å²) in [6.45, 7) is 1.96. The Morgan fingerprint density at radius 3 is 1.64 bits per heavy atom. The van der Waals surface area contributed by atoms with E-state index in [4.69, 9.17) is 0 Å². The summed E-state index contributed by atoms with van der Waals surface area (Å²) < 4.78 is 0. The number of anilines is 1. The Bertz CT molecular complexity index is 1020. The van der Waals surface area contributed by atoms with Crippen molar-refractivity contribution in [2.24, 2.45) is 5.10 Å². The zero-order valence-corrected chi connectivity index (χ0v) is 15.6. The summed E-state index contributed by atoms with van der Waals surface area (Å²) >= 11 is 0. The Hall–Kier alpha value is -3.79. The molecule has 0 amide bonds. The van der Waals surface area contributed by atoms with Crippen LogP contribution in [0.4, 0.5) is 5.95 Å². The van der Waals surface area contributed by atoms with Crippen LogP contribution >= 0.6 is 0 Å². The molecule has 0 aliphatic heterocycles. The third-order valence-electron chi connectivity index (χ3n) is 4.38. The van der Waals surface area contributed by atoms with Gasteiger partial charge in [0.25, 0.3) is 0 Å². The maximum absolute atomic E-state index is 4.67. The molecule has 1 aromatic heterocycles. The fourth-order valence-corrected chi connectivity index (χ4v) is 2.89. The fourth-order valence-electron chi connectivity index (χ4n) is 2.89. The van der Waals surface area contributed by atoms with E-state index in [0.717, 1.165) is 33.8 Å². The van der Waals surface area contributed by atoms with Crippen LogP contribution in [0.25, 0.3) is 22.5 Å². The summed E-state index contributed by atoms with van der Waals surface area (Å²) in [6.07, 6.45) is 0. The van der Waals surface area contributed by atoms with Crippen LogP contribution in [-0.4, -0.2) is 15.7 Å². The summed E-state index contributed by atoms with van der Waals surface area (Å²) in [5.41, 5.74) is 8.73. The van der Waals surface area contributed by atoms with E-state index in [1.807, 2.05) is 104 Å². The van der Waals surface area contributed by atoms with Crippen LogP contribution in [0.1, 0.15) is 12.5 Å². The zero-order chi connectivity index (χ0) is 19.2. The molecule has 0 aliphatic carbocycles. The molecule has 0 unspecified atom stereocenters. The first-order valence-corrected chi connectivity index (χ1v) is 9.15. The second kappa shape index (κ2) is 8.27. The number of rotatable bonds is 5. The van der Waals surface area contributed by atoms with Gasteiger partial charge in [-0.1, -0.05) is 91.0 Å². The van der Waals surface area contributed by atoms with Crippen molar-refractivity contribution in [2.75, 3.05) is 5.43 Å². The van der Waals surface area contributed by atoms with Crippen molar-refractivity contribution in [1.29, 1.82) is 0 Å². The molecule has 0 fully saturated rings. The molecule has 0 spiro atoms. The van der Waals surface area contributed by atoms with Gasteiger partial charge in [0, 0.05) is 11.1 Å². The minimum atomic E-state index is 0.468. The molecule has 0 saturated carbocycles. The third-order valence-corrected chi connectivity index (χ3v) is 4.38. The van der Waals surface area contributed by atoms with Crippen LogP contribution in [0.2, 0.25) is 0 Å². The maximum atomic E-state index is 4.67. The average molecular weight is 364 g/mol. The van der Waals surface area contributed by atoms with E-state index in [0.29, 0.717) is 5.95 Å². The SMILES string of the molecule is C/C(=N\Nc1nc(-c2ccccc2)cc(-c2ccccc2)n1)c1ccccc1. The lowest BCUT2D eigenvalue weighted by Gasteiger charge is -2.09. The lowest BCUT2D eigenvalue weighted by molar-refractivity contribution is 1.12. The minimum Gasteiger partial charge on any atom is -0.245 e. The van der Waals surface area contributed by atoms with E-state index in [-0.39, 0.29) is 0 Å². The highest BCUT2D eigenvalue weighted by Crippen LogP contribution is 2.25. The van der Waals surface area contributed by atoms with Gasteiger partial charge in [-0.3, -0.25) is 0 Å². The second-order valence-corrected chi connectivity index (χ2v) is 6.37. The predicted octanol–water partition coefficient (Wildman–Crippen LogP) is 5.65. The van der Waals surface area contributed by atoms with Gasteiger partial charge in [0.15, 0.2) is 0 Å². The maximum Gasteiger partial charge on any atom is 0.244 e. The van der Waals surface area contributed by atoms with Crippen molar-refractivity contribution in [3.8, 4) is 22.5 Å². The van der Waals surface area contributed by atoms with Gasteiger partial charge in [-0.25, -0.2) is 15.4 Å². The van der Waals surface area contributed by atoms with E-state index in [2.05, 4.69) is 20.5 Å². The molecule has 1 N–H and O–H groups in total. The number of nitrogens with one attached hydrogen (secondary N) is 1. The largest absolute Gasteiger partial charge is 0.245 e. The average Bonchev–Trinajstić information content (AvgIpc) is 2.79. The first kappa shape index (κ1) is 17.6. The highest BCUT2D eigenvalue weighted by molar-refractivity contribution is 5.98. The van der Waals surface area contributed by atoms with Gasteiger partial charge in [0.2, 0.25) is 5.95 Å². The van der Waals surface area contributed by atoms with E-state index in [1.165, 1.54) is 0 Å². The van der Waals surface area contributed by atoms with Crippen molar-refractivity contribution in [2.45, 2.75) is 6.92 Å². The van der Waals surface area contributed by atoms with Gasteiger partial charge in [-0.15, -0.1) is 0 Å². The van der Waals surface area contributed by atoms with Crippen LogP contribution in [0, 0.1) is 0 Å². The minimum absolute atomic E-state index is 0.468. The van der Waals surface area contributed by atoms with Gasteiger partial charge in [0.1, 0.15) is 0 Å². The van der Waals surface area contributed by atoms with Crippen molar-refractivity contribution in [1.82, 2.24) is 9.97 Å². The molecule has 4 aromatic rings. The Labute approximate surface area is 164 Å². The molecule has 0 saturated heterocycles. The van der Waals surface area contributed by atoms with Crippen LogP contribution in [-0.2, 0) is 0 Å². The zero-order valence-electron chi connectivity index (χ0n) is 15.6. The Morgan fingerprint density at radius 2 is 1.14 bits per heavy atom. The molecule has 0 radical (unpaired) electrons. The summed E-state index contributed by atoms with van der Waals surface area (Å²) in [4.78, 5) is 9.33. The third kappa shape index (κ3) is 4.13. The number of hydrogen-bond acceptors (Lipinski definition) is 4. The summed E-state index contributed by atoms with van der Waals surface area (Å²) in [5, 5.41) is 4.48. The van der Waals surface area contributed by atoms with Crippen LogP contribution in [0.5, 0.6) is 0 Å². The quantitative estimate of drug-likeness (QED) is 0.368. The van der Waals surface area contributed by atoms with E-state index in [9.17, 15) is 0 Å². The first-order valence-electron chi connectivity index (χ1n) is 9.15. The van der Waals surface area contributed by atoms with Crippen molar-refractivity contribution >= 4 is 11.7 Å². The van der Waals surface area contributed by atoms with Crippen LogP contribution in [0.3, 0.4) is 0 Å². The monoisotopic (exact) mass is 364 g/mol. The van der Waals surface area contributed by atoms with E-state index < -0.39 is 0 Å². The predicted molar refractivity (Wildman–Crippen MR) is 115 cm³/mol. The second-order valence-electron chi connectivity index (χ2n) is 6.37. The Balaban J connectivity index is 1.72. The Morgan fingerprint density at radius 1 is 0.679 bits per heavy atom. The van der Waals surface area contributed by atoms with Gasteiger partial charge in [-0.05, 0) is 18.6 Å². The molecule has 3 aromatic carbocycles. The van der Waals surface area contributed by atoms with Crippen LogP contribution < -0.4 is 5.43 Å². The molecule has 0 bridgehead atoms. The molecule has 0 atom stereocenters. The standard InChI is InChI=1S/C24H20N4/c1-18(19-11-5-2-6-12-19)27-28-24-25-22(20-13-7-3-8-14-20)17-23(26-24)21-15-9-4-10-16-21/h2-17H,1H3,(H,25,26,28)/b27-18+. The molecule has 4 rings (SSSR count). The smallest absolute Gasteiger partial charge is 0.244 e. The van der Waals surface area contributed by atoms with Gasteiger partial charge in [-0.2, -0.15) is 5.10 Å². The molecule has 4 heteroatoms. The number of aromatic nitrogens is 2. The topological polar surface area (TPSA) is 50.2 Å². The number of hydrogen-bond donors (Lipinski definition) is 1. The van der Waals surface area contributed by atoms with E-state index >= 15 is 0 Å². The van der Waals surface area contributed by atoms with Crippen LogP contribution in [0.15, 0.2) is 102 Å². The summed E-state index contributed by atoms with van der Waals surface area (Å²) in [5.74, 6) is 0.468. The lowest BCUT2D eigenvalue weighted by Crippen LogP contribution is -2.03. The molecular weight excluding hydrogens is 344 g/mol. The molecule has 28 heavy (non-hydrogen) atoms. The molecule has 136 valence electrons. The van der Waals surface area contributed by atoms with Crippen molar-refractivity contribution < 1.29 is 0 Å². The highest BCUT2D eigenvalue weighted by atomic mass is 15.4. The highest BCUT2D eigenvalue weighted by Gasteiger charge is 2.08. The first-order chi connectivity index (χ1) is 13.8. The number of nitrogens with zero attached hydrogens (tertiary/aromatic N) is 3. The summed E-state index contributed by atoms with van der Waals surface area (Å²) in [6, 6.07) is 32.2. The summed E-state index contributed by atoms with van der Waals surface area (Å²) in [7, 11) is 0. The van der Waals surface area contributed by atoms with Gasteiger partial charge in [0.05, 0.1) is 17.1 Å². The number of hydrazone groups is 1. The normalized spacial score (nSPS) is 11.2. The van der Waals surface area contributed by atoms with Crippen molar-refractivity contribution in [3.63, 3.8) is 0 Å². The molecule has 0 aliphatic rings. The lowest BCUT2D eigenvalue weighted by atomic mass is 10.1. The van der Waals surface area contributed by atoms with E-state index in [1.54, 1.807) is 0 Å². The molecule has 1 heterocycles. The molecule has 4 nitrogen and oxygen atoms in total. The van der Waals surface area contributed by atoms with Crippen molar-refractivity contribution in [3.05, 3.63) is 103 Å². The van der Waals surface area contributed by atoms with Gasteiger partial charge < -0.3 is 0 Å². The fraction of sp³-hybridized carbons (Fsp3) is 0.0417. The molecular formula is C24H20N4. The number of benzene rings is 3. The van der Waals surface area contributed by atoms with Gasteiger partial charge >= 0.3 is 0 Å².